The van der Waals surface area contributed by atoms with Crippen LogP contribution in [0.4, 0.5) is 0 Å². The molecule has 1 amide bonds. The Balaban J connectivity index is 1.84. The summed E-state index contributed by atoms with van der Waals surface area (Å²) in [5.74, 6) is 0.141. The lowest BCUT2D eigenvalue weighted by atomic mass is 9.94. The van der Waals surface area contributed by atoms with Crippen molar-refractivity contribution in [3.8, 4) is 5.75 Å². The molecule has 1 unspecified atom stereocenters. The van der Waals surface area contributed by atoms with Crippen LogP contribution in [0.3, 0.4) is 0 Å². The van der Waals surface area contributed by atoms with E-state index in [1.165, 1.54) is 0 Å². The molecule has 3 aromatic rings. The summed E-state index contributed by atoms with van der Waals surface area (Å²) in [5, 5.41) is 2.95. The molecule has 0 saturated carbocycles. The molecular weight excluding hydrogens is 314 g/mol. The molecule has 0 aliphatic heterocycles. The molecule has 25 heavy (non-hydrogen) atoms. The summed E-state index contributed by atoms with van der Waals surface area (Å²) >= 11 is 0. The number of pyridine rings is 2. The van der Waals surface area contributed by atoms with Crippen LogP contribution in [-0.4, -0.2) is 23.0 Å². The molecule has 5 heteroatoms. The Morgan fingerprint density at radius 2 is 1.72 bits per heavy atom. The Bertz CT molecular complexity index is 805. The fourth-order valence-electron chi connectivity index (χ4n) is 2.58. The second kappa shape index (κ2) is 8.06. The zero-order valence-corrected chi connectivity index (χ0v) is 13.9. The van der Waals surface area contributed by atoms with Crippen LogP contribution >= 0.6 is 0 Å². The average molecular weight is 333 g/mol. The van der Waals surface area contributed by atoms with Crippen LogP contribution in [0, 0.1) is 0 Å². The molecule has 0 fully saturated rings. The standard InChI is InChI=1S/C20H19N3O2/c1-25-17-10-8-15(9-11-17)19(18-7-3-5-13-22-18)20(24)23-14-16-6-2-4-12-21-16/h2-13,19H,14H2,1H3,(H,23,24). The maximum Gasteiger partial charge on any atom is 0.233 e. The van der Waals surface area contributed by atoms with Gasteiger partial charge in [-0.2, -0.15) is 0 Å². The fourth-order valence-corrected chi connectivity index (χ4v) is 2.58. The van der Waals surface area contributed by atoms with Gasteiger partial charge in [0.25, 0.3) is 0 Å². The van der Waals surface area contributed by atoms with Crippen LogP contribution in [0.5, 0.6) is 5.75 Å². The number of rotatable bonds is 6. The van der Waals surface area contributed by atoms with E-state index >= 15 is 0 Å². The van der Waals surface area contributed by atoms with E-state index < -0.39 is 5.92 Å². The number of hydrogen-bond donors (Lipinski definition) is 1. The molecule has 5 nitrogen and oxygen atoms in total. The number of nitrogens with zero attached hydrogens (tertiary/aromatic N) is 2. The zero-order valence-electron chi connectivity index (χ0n) is 13.9. The van der Waals surface area contributed by atoms with Gasteiger partial charge in [0, 0.05) is 12.4 Å². The molecule has 2 heterocycles. The highest BCUT2D eigenvalue weighted by atomic mass is 16.5. The van der Waals surface area contributed by atoms with Gasteiger partial charge in [0.15, 0.2) is 0 Å². The van der Waals surface area contributed by atoms with E-state index in [9.17, 15) is 4.79 Å². The number of methoxy groups -OCH3 is 1. The summed E-state index contributed by atoms with van der Waals surface area (Å²) in [6.07, 6.45) is 3.40. The van der Waals surface area contributed by atoms with Crippen LogP contribution in [0.25, 0.3) is 0 Å². The number of nitrogens with one attached hydrogen (secondary N) is 1. The monoisotopic (exact) mass is 333 g/mol. The molecule has 126 valence electrons. The lowest BCUT2D eigenvalue weighted by Gasteiger charge is -2.17. The maximum absolute atomic E-state index is 12.9. The van der Waals surface area contributed by atoms with Crippen molar-refractivity contribution in [2.75, 3.05) is 7.11 Å². The number of hydrogen-bond acceptors (Lipinski definition) is 4. The number of carbonyl (C=O) groups is 1. The van der Waals surface area contributed by atoms with Crippen molar-refractivity contribution < 1.29 is 9.53 Å². The third kappa shape index (κ3) is 4.20. The van der Waals surface area contributed by atoms with Gasteiger partial charge in [-0.1, -0.05) is 24.3 Å². The van der Waals surface area contributed by atoms with E-state index in [4.69, 9.17) is 4.74 Å². The quantitative estimate of drug-likeness (QED) is 0.753. The first-order valence-electron chi connectivity index (χ1n) is 8.00. The minimum Gasteiger partial charge on any atom is -0.497 e. The summed E-state index contributed by atoms with van der Waals surface area (Å²) in [6.45, 7) is 0.374. The summed E-state index contributed by atoms with van der Waals surface area (Å²) in [6, 6.07) is 18.7. The SMILES string of the molecule is COc1ccc(C(C(=O)NCc2ccccn2)c2ccccn2)cc1. The van der Waals surface area contributed by atoms with Gasteiger partial charge in [0.1, 0.15) is 11.7 Å². The molecule has 0 saturated heterocycles. The van der Waals surface area contributed by atoms with Crippen molar-refractivity contribution in [3.63, 3.8) is 0 Å². The summed E-state index contributed by atoms with van der Waals surface area (Å²) in [4.78, 5) is 21.5. The van der Waals surface area contributed by atoms with Crippen LogP contribution < -0.4 is 10.1 Å². The van der Waals surface area contributed by atoms with Crippen LogP contribution in [0.15, 0.2) is 73.1 Å². The van der Waals surface area contributed by atoms with Crippen molar-refractivity contribution in [1.82, 2.24) is 15.3 Å². The van der Waals surface area contributed by atoms with E-state index in [-0.39, 0.29) is 5.91 Å². The first kappa shape index (κ1) is 16.6. The minimum absolute atomic E-state index is 0.116. The van der Waals surface area contributed by atoms with Gasteiger partial charge in [0.2, 0.25) is 5.91 Å². The molecule has 1 atom stereocenters. The number of amides is 1. The Kier molecular flexibility index (Phi) is 5.36. The van der Waals surface area contributed by atoms with Crippen LogP contribution in [-0.2, 0) is 11.3 Å². The van der Waals surface area contributed by atoms with E-state index in [2.05, 4.69) is 15.3 Å². The highest BCUT2D eigenvalue weighted by Crippen LogP contribution is 2.25. The summed E-state index contributed by atoms with van der Waals surface area (Å²) in [5.41, 5.74) is 2.37. The second-order valence-corrected chi connectivity index (χ2v) is 5.50. The lowest BCUT2D eigenvalue weighted by Crippen LogP contribution is -2.30. The third-order valence-electron chi connectivity index (χ3n) is 3.86. The van der Waals surface area contributed by atoms with Gasteiger partial charge in [0.05, 0.1) is 25.0 Å². The normalized spacial score (nSPS) is 11.6. The average Bonchev–Trinajstić information content (AvgIpc) is 2.69. The van der Waals surface area contributed by atoms with E-state index in [1.807, 2.05) is 60.7 Å². The van der Waals surface area contributed by atoms with Crippen LogP contribution in [0.1, 0.15) is 22.9 Å². The molecule has 3 rings (SSSR count). The molecular formula is C20H19N3O2. The van der Waals surface area contributed by atoms with Gasteiger partial charge in [-0.3, -0.25) is 14.8 Å². The number of carbonyl (C=O) groups excluding carboxylic acids is 1. The van der Waals surface area contributed by atoms with Gasteiger partial charge in [-0.25, -0.2) is 0 Å². The second-order valence-electron chi connectivity index (χ2n) is 5.50. The predicted molar refractivity (Wildman–Crippen MR) is 95.2 cm³/mol. The first-order valence-corrected chi connectivity index (χ1v) is 8.00. The molecule has 1 N–H and O–H groups in total. The first-order chi connectivity index (χ1) is 12.3. The molecule has 0 radical (unpaired) electrons. The van der Waals surface area contributed by atoms with Gasteiger partial charge in [-0.15, -0.1) is 0 Å². The Morgan fingerprint density at radius 3 is 2.32 bits per heavy atom. The largest absolute Gasteiger partial charge is 0.497 e. The summed E-state index contributed by atoms with van der Waals surface area (Å²) in [7, 11) is 1.62. The van der Waals surface area contributed by atoms with Gasteiger partial charge in [-0.05, 0) is 42.0 Å². The molecule has 0 aliphatic carbocycles. The maximum atomic E-state index is 12.9. The zero-order chi connectivity index (χ0) is 17.5. The molecule has 0 aliphatic rings. The number of ether oxygens (including phenoxy) is 1. The Morgan fingerprint density at radius 1 is 1.00 bits per heavy atom. The number of aromatic nitrogens is 2. The summed E-state index contributed by atoms with van der Waals surface area (Å²) < 4.78 is 5.20. The van der Waals surface area contributed by atoms with Crippen molar-refractivity contribution in [3.05, 3.63) is 90.0 Å². The van der Waals surface area contributed by atoms with Gasteiger partial charge < -0.3 is 10.1 Å². The molecule has 0 bridgehead atoms. The predicted octanol–water partition coefficient (Wildman–Crippen LogP) is 2.93. The van der Waals surface area contributed by atoms with Crippen LogP contribution in [0.2, 0.25) is 0 Å². The Labute approximate surface area is 146 Å². The van der Waals surface area contributed by atoms with Crippen molar-refractivity contribution in [1.29, 1.82) is 0 Å². The van der Waals surface area contributed by atoms with Crippen molar-refractivity contribution >= 4 is 5.91 Å². The number of benzene rings is 1. The van der Waals surface area contributed by atoms with E-state index in [0.29, 0.717) is 12.2 Å². The topological polar surface area (TPSA) is 64.1 Å². The lowest BCUT2D eigenvalue weighted by molar-refractivity contribution is -0.121. The minimum atomic E-state index is -0.490. The highest BCUT2D eigenvalue weighted by Gasteiger charge is 2.23. The van der Waals surface area contributed by atoms with Crippen molar-refractivity contribution in [2.24, 2.45) is 0 Å². The molecule has 2 aromatic heterocycles. The fraction of sp³-hybridized carbons (Fsp3) is 0.150. The molecule has 1 aromatic carbocycles. The van der Waals surface area contributed by atoms with Gasteiger partial charge >= 0.3 is 0 Å². The smallest absolute Gasteiger partial charge is 0.233 e. The highest BCUT2D eigenvalue weighted by molar-refractivity contribution is 5.86. The third-order valence-corrected chi connectivity index (χ3v) is 3.86. The Hall–Kier alpha value is -3.21. The van der Waals surface area contributed by atoms with E-state index in [1.54, 1.807) is 19.5 Å². The molecule has 0 spiro atoms. The van der Waals surface area contributed by atoms with Crippen molar-refractivity contribution in [2.45, 2.75) is 12.5 Å². The van der Waals surface area contributed by atoms with E-state index in [0.717, 1.165) is 17.0 Å².